The summed E-state index contributed by atoms with van der Waals surface area (Å²) in [5.41, 5.74) is 2.60. The maximum absolute atomic E-state index is 11.7. The maximum Gasteiger partial charge on any atom is 0.344 e. The summed E-state index contributed by atoms with van der Waals surface area (Å²) in [6, 6.07) is 8.97. The summed E-state index contributed by atoms with van der Waals surface area (Å²) >= 11 is 5.71. The molecule has 1 N–H and O–H groups in total. The average molecular weight is 361 g/mol. The fourth-order valence-electron chi connectivity index (χ4n) is 2.60. The first-order valence-corrected chi connectivity index (χ1v) is 8.29. The lowest BCUT2D eigenvalue weighted by molar-refractivity contribution is -0.149. The number of aromatic nitrogens is 1. The molecule has 0 atom stereocenters. The van der Waals surface area contributed by atoms with E-state index in [-0.39, 0.29) is 6.61 Å². The number of nitrogens with zero attached hydrogens (tertiary/aromatic N) is 1. The molecule has 0 spiro atoms. The second-order valence-electron chi connectivity index (χ2n) is 5.64. The number of carbonyl (C=O) groups is 2. The van der Waals surface area contributed by atoms with E-state index < -0.39 is 18.5 Å². The molecule has 0 bridgehead atoms. The molecule has 25 heavy (non-hydrogen) atoms. The van der Waals surface area contributed by atoms with Crippen molar-refractivity contribution < 1.29 is 19.1 Å². The molecule has 0 unspecified atom stereocenters. The number of hydrogen-bond donors (Lipinski definition) is 1. The van der Waals surface area contributed by atoms with Crippen molar-refractivity contribution in [2.45, 2.75) is 19.3 Å². The van der Waals surface area contributed by atoms with Gasteiger partial charge in [-0.2, -0.15) is 0 Å². The van der Waals surface area contributed by atoms with E-state index in [1.165, 1.54) is 17.3 Å². The number of rotatable bonds is 6. The molecule has 3 rings (SSSR count). The molecule has 1 aliphatic rings. The number of aryl methyl sites for hydroxylation is 2. The number of anilines is 1. The van der Waals surface area contributed by atoms with E-state index in [9.17, 15) is 9.59 Å². The quantitative estimate of drug-likeness (QED) is 0.801. The van der Waals surface area contributed by atoms with Crippen LogP contribution in [0.3, 0.4) is 0 Å². The number of fused-ring (bicyclic) bond motifs is 1. The summed E-state index contributed by atoms with van der Waals surface area (Å²) in [5.74, 6) is -0.132. The van der Waals surface area contributed by atoms with Gasteiger partial charge in [0.05, 0.1) is 5.02 Å². The van der Waals surface area contributed by atoms with Gasteiger partial charge in [0.25, 0.3) is 5.91 Å². The number of amides is 1. The number of nitrogens with one attached hydrogen (secondary N) is 1. The standard InChI is InChI=1S/C18H17ClN2O4/c19-14-5-7-16(20-9-14)21-17(22)10-25-18(23)11-24-15-6-4-12-2-1-3-13(12)8-15/h4-9H,1-3,10-11H2,(H,20,21,22). The number of halogens is 1. The van der Waals surface area contributed by atoms with E-state index in [1.54, 1.807) is 12.1 Å². The first kappa shape index (κ1) is 17.2. The number of ether oxygens (including phenoxy) is 2. The zero-order valence-electron chi connectivity index (χ0n) is 13.5. The fraction of sp³-hybridized carbons (Fsp3) is 0.278. The number of hydrogen-bond acceptors (Lipinski definition) is 5. The van der Waals surface area contributed by atoms with Crippen LogP contribution in [0, 0.1) is 0 Å². The van der Waals surface area contributed by atoms with Crippen LogP contribution < -0.4 is 10.1 Å². The third-order valence-electron chi connectivity index (χ3n) is 3.79. The van der Waals surface area contributed by atoms with Gasteiger partial charge in [-0.1, -0.05) is 17.7 Å². The number of benzene rings is 1. The molecule has 7 heteroatoms. The minimum atomic E-state index is -0.611. The Labute approximate surface area is 150 Å². The molecule has 1 heterocycles. The van der Waals surface area contributed by atoms with Crippen molar-refractivity contribution in [3.05, 3.63) is 52.7 Å². The van der Waals surface area contributed by atoms with Gasteiger partial charge in [-0.05, 0) is 54.7 Å². The van der Waals surface area contributed by atoms with Gasteiger partial charge < -0.3 is 14.8 Å². The van der Waals surface area contributed by atoms with Crippen LogP contribution in [0.1, 0.15) is 17.5 Å². The van der Waals surface area contributed by atoms with Crippen molar-refractivity contribution in [1.29, 1.82) is 0 Å². The minimum absolute atomic E-state index is 0.245. The third-order valence-corrected chi connectivity index (χ3v) is 4.01. The van der Waals surface area contributed by atoms with Crippen LogP contribution in [0.4, 0.5) is 5.82 Å². The Kier molecular flexibility index (Phi) is 5.50. The van der Waals surface area contributed by atoms with E-state index in [2.05, 4.69) is 10.3 Å². The fourth-order valence-corrected chi connectivity index (χ4v) is 2.71. The second-order valence-corrected chi connectivity index (χ2v) is 6.08. The summed E-state index contributed by atoms with van der Waals surface area (Å²) in [7, 11) is 0. The molecular weight excluding hydrogens is 344 g/mol. The van der Waals surface area contributed by atoms with Crippen LogP contribution in [0.15, 0.2) is 36.5 Å². The molecule has 0 radical (unpaired) electrons. The normalized spacial score (nSPS) is 12.4. The highest BCUT2D eigenvalue weighted by Crippen LogP contribution is 2.25. The van der Waals surface area contributed by atoms with Crippen molar-refractivity contribution in [3.8, 4) is 5.75 Å². The second kappa shape index (κ2) is 7.98. The van der Waals surface area contributed by atoms with Gasteiger partial charge in [-0.25, -0.2) is 9.78 Å². The van der Waals surface area contributed by atoms with Crippen molar-refractivity contribution in [2.24, 2.45) is 0 Å². The van der Waals surface area contributed by atoms with Gasteiger partial charge in [-0.3, -0.25) is 4.79 Å². The lowest BCUT2D eigenvalue weighted by Gasteiger charge is -2.09. The van der Waals surface area contributed by atoms with Crippen LogP contribution in [-0.2, 0) is 27.2 Å². The number of pyridine rings is 1. The zero-order chi connectivity index (χ0) is 17.6. The summed E-state index contributed by atoms with van der Waals surface area (Å²) in [6.07, 6.45) is 4.69. The SMILES string of the molecule is O=C(COC(=O)COc1ccc2c(c1)CCC2)Nc1ccc(Cl)cn1. The minimum Gasteiger partial charge on any atom is -0.482 e. The van der Waals surface area contributed by atoms with Crippen LogP contribution in [0.25, 0.3) is 0 Å². The zero-order valence-corrected chi connectivity index (χ0v) is 14.2. The highest BCUT2D eigenvalue weighted by Gasteiger charge is 2.13. The topological polar surface area (TPSA) is 77.5 Å². The molecule has 0 aliphatic heterocycles. The first-order chi connectivity index (χ1) is 12.1. The predicted molar refractivity (Wildman–Crippen MR) is 92.8 cm³/mol. The molecule has 1 aromatic carbocycles. The van der Waals surface area contributed by atoms with Crippen LogP contribution in [0.2, 0.25) is 5.02 Å². The molecule has 2 aromatic rings. The molecule has 6 nitrogen and oxygen atoms in total. The molecular formula is C18H17ClN2O4. The molecule has 0 saturated carbocycles. The molecule has 1 aliphatic carbocycles. The Morgan fingerprint density at radius 2 is 1.96 bits per heavy atom. The van der Waals surface area contributed by atoms with E-state index in [0.29, 0.717) is 16.6 Å². The van der Waals surface area contributed by atoms with Gasteiger partial charge in [-0.15, -0.1) is 0 Å². The van der Waals surface area contributed by atoms with E-state index in [4.69, 9.17) is 21.1 Å². The molecule has 0 saturated heterocycles. The first-order valence-electron chi connectivity index (χ1n) is 7.92. The smallest absolute Gasteiger partial charge is 0.344 e. The summed E-state index contributed by atoms with van der Waals surface area (Å²) in [6.45, 7) is -0.651. The van der Waals surface area contributed by atoms with Crippen molar-refractivity contribution in [3.63, 3.8) is 0 Å². The van der Waals surface area contributed by atoms with Gasteiger partial charge >= 0.3 is 5.97 Å². The predicted octanol–water partition coefficient (Wildman–Crippen LogP) is 2.78. The number of esters is 1. The highest BCUT2D eigenvalue weighted by atomic mass is 35.5. The van der Waals surface area contributed by atoms with Gasteiger partial charge in [0, 0.05) is 6.20 Å². The molecule has 1 amide bonds. The van der Waals surface area contributed by atoms with E-state index in [0.717, 1.165) is 19.3 Å². The molecule has 1 aromatic heterocycles. The van der Waals surface area contributed by atoms with Gasteiger partial charge in [0.15, 0.2) is 13.2 Å². The average Bonchev–Trinajstić information content (AvgIpc) is 3.08. The van der Waals surface area contributed by atoms with Crippen molar-refractivity contribution in [2.75, 3.05) is 18.5 Å². The summed E-state index contributed by atoms with van der Waals surface area (Å²) < 4.78 is 10.3. The largest absolute Gasteiger partial charge is 0.482 e. The van der Waals surface area contributed by atoms with Crippen molar-refractivity contribution in [1.82, 2.24) is 4.98 Å². The Morgan fingerprint density at radius 1 is 1.12 bits per heavy atom. The molecule has 130 valence electrons. The maximum atomic E-state index is 11.7. The Balaban J connectivity index is 1.40. The Morgan fingerprint density at radius 3 is 2.76 bits per heavy atom. The molecule has 0 fully saturated rings. The van der Waals surface area contributed by atoms with Crippen molar-refractivity contribution >= 4 is 29.3 Å². The third kappa shape index (κ3) is 4.93. The van der Waals surface area contributed by atoms with Crippen LogP contribution >= 0.6 is 11.6 Å². The monoisotopic (exact) mass is 360 g/mol. The van der Waals surface area contributed by atoms with Gasteiger partial charge in [0.2, 0.25) is 0 Å². The number of carbonyl (C=O) groups excluding carboxylic acids is 2. The van der Waals surface area contributed by atoms with Crippen LogP contribution in [0.5, 0.6) is 5.75 Å². The highest BCUT2D eigenvalue weighted by molar-refractivity contribution is 6.30. The lowest BCUT2D eigenvalue weighted by atomic mass is 10.1. The Bertz CT molecular complexity index is 777. The lowest BCUT2D eigenvalue weighted by Crippen LogP contribution is -2.24. The van der Waals surface area contributed by atoms with E-state index >= 15 is 0 Å². The summed E-state index contributed by atoms with van der Waals surface area (Å²) in [5, 5.41) is 2.97. The van der Waals surface area contributed by atoms with Gasteiger partial charge in [0.1, 0.15) is 11.6 Å². The Hall–Kier alpha value is -2.60. The van der Waals surface area contributed by atoms with E-state index in [1.807, 2.05) is 18.2 Å². The summed E-state index contributed by atoms with van der Waals surface area (Å²) in [4.78, 5) is 27.3. The van der Waals surface area contributed by atoms with Crippen LogP contribution in [-0.4, -0.2) is 30.1 Å².